The van der Waals surface area contributed by atoms with E-state index in [4.69, 9.17) is 0 Å². The van der Waals surface area contributed by atoms with E-state index in [9.17, 15) is 10.1 Å². The first-order chi connectivity index (χ1) is 15.0. The largest absolute Gasteiger partial charge is 0.362 e. The van der Waals surface area contributed by atoms with Gasteiger partial charge in [-0.3, -0.25) is 9.13 Å². The van der Waals surface area contributed by atoms with Crippen LogP contribution in [0.2, 0.25) is 0 Å². The minimum atomic E-state index is -0.366. The molecule has 0 aliphatic heterocycles. The first kappa shape index (κ1) is 21.6. The van der Waals surface area contributed by atoms with Crippen LogP contribution < -0.4 is 11.0 Å². The van der Waals surface area contributed by atoms with Crippen molar-refractivity contribution in [3.63, 3.8) is 0 Å². The zero-order valence-corrected chi connectivity index (χ0v) is 19.6. The summed E-state index contributed by atoms with van der Waals surface area (Å²) in [4.78, 5) is 13.0. The minimum Gasteiger partial charge on any atom is -0.362 e. The predicted molar refractivity (Wildman–Crippen MR) is 128 cm³/mol. The highest BCUT2D eigenvalue weighted by molar-refractivity contribution is 6.01. The van der Waals surface area contributed by atoms with E-state index in [1.54, 1.807) is 11.6 Å². The molecule has 0 bridgehead atoms. The Balaban J connectivity index is 1.92. The fourth-order valence-corrected chi connectivity index (χ4v) is 4.39. The molecule has 2 aromatic carbocycles. The van der Waals surface area contributed by atoms with Gasteiger partial charge in [0.15, 0.2) is 5.82 Å². The smallest absolute Gasteiger partial charge is 0.329 e. The monoisotopic (exact) mass is 428 g/mol. The quantitative estimate of drug-likeness (QED) is 0.511. The Morgan fingerprint density at radius 2 is 1.78 bits per heavy atom. The zero-order chi connectivity index (χ0) is 23.4. The molecule has 164 valence electrons. The molecule has 0 saturated carbocycles. The number of aryl methyl sites for hydroxylation is 2. The third kappa shape index (κ3) is 3.32. The Morgan fingerprint density at radius 3 is 2.44 bits per heavy atom. The van der Waals surface area contributed by atoms with Crippen LogP contribution in [0.25, 0.3) is 21.8 Å². The van der Waals surface area contributed by atoms with E-state index in [0.29, 0.717) is 11.4 Å². The summed E-state index contributed by atoms with van der Waals surface area (Å²) in [6.07, 6.45) is 0. The summed E-state index contributed by atoms with van der Waals surface area (Å²) in [6.45, 7) is 12.0. The van der Waals surface area contributed by atoms with Crippen LogP contribution >= 0.6 is 0 Å². The Labute approximate surface area is 187 Å². The number of rotatable bonds is 3. The molecule has 2 heterocycles. The van der Waals surface area contributed by atoms with Crippen LogP contribution in [0.1, 0.15) is 56.1 Å². The van der Waals surface area contributed by atoms with E-state index in [0.717, 1.165) is 38.6 Å². The van der Waals surface area contributed by atoms with E-state index >= 15 is 0 Å². The molecule has 0 radical (unpaired) electrons. The number of aromatic nitrogens is 4. The highest BCUT2D eigenvalue weighted by atomic mass is 16.1. The first-order valence-electron chi connectivity index (χ1n) is 10.7. The standard InChI is InChI=1S/C25H28N6O/c1-14-17(13-26)9-8-10-18(14)15(2)27-23-20-12-22-21(11-19(20)16(3)28-29-23)30(7)24(32)31(22)25(4,5)6/h8-12,15H,1-7H3,(H,27,29)/t15-/m1/s1. The molecule has 4 rings (SSSR count). The summed E-state index contributed by atoms with van der Waals surface area (Å²) in [7, 11) is 1.80. The van der Waals surface area contributed by atoms with Gasteiger partial charge in [0.25, 0.3) is 0 Å². The molecule has 0 spiro atoms. The van der Waals surface area contributed by atoms with Gasteiger partial charge in [0.05, 0.1) is 34.4 Å². The van der Waals surface area contributed by atoms with E-state index in [-0.39, 0.29) is 17.3 Å². The summed E-state index contributed by atoms with van der Waals surface area (Å²) < 4.78 is 3.51. The molecule has 0 aliphatic carbocycles. The number of anilines is 1. The summed E-state index contributed by atoms with van der Waals surface area (Å²) in [5.74, 6) is 0.651. The number of imidazole rings is 1. The molecule has 32 heavy (non-hydrogen) atoms. The highest BCUT2D eigenvalue weighted by Crippen LogP contribution is 2.32. The SMILES string of the molecule is Cc1c(C#N)cccc1[C@@H](C)Nc1nnc(C)c2cc3c(cc12)n(C(C)(C)C)c(=O)n3C. The molecule has 0 amide bonds. The van der Waals surface area contributed by atoms with Crippen LogP contribution in [0.15, 0.2) is 35.1 Å². The third-order valence-corrected chi connectivity index (χ3v) is 6.13. The maximum absolute atomic E-state index is 13.0. The number of hydrogen-bond donors (Lipinski definition) is 1. The molecule has 0 aliphatic rings. The minimum absolute atomic E-state index is 0.0480. The molecule has 0 unspecified atom stereocenters. The lowest BCUT2D eigenvalue weighted by molar-refractivity contribution is 0.392. The van der Waals surface area contributed by atoms with Gasteiger partial charge in [0.2, 0.25) is 0 Å². The van der Waals surface area contributed by atoms with Gasteiger partial charge in [-0.25, -0.2) is 4.79 Å². The van der Waals surface area contributed by atoms with Crippen molar-refractivity contribution in [3.05, 3.63) is 63.2 Å². The highest BCUT2D eigenvalue weighted by Gasteiger charge is 2.23. The number of nitriles is 1. The summed E-state index contributed by atoms with van der Waals surface area (Å²) >= 11 is 0. The fraction of sp³-hybridized carbons (Fsp3) is 0.360. The molecule has 2 aromatic heterocycles. The van der Waals surface area contributed by atoms with Crippen LogP contribution in [-0.4, -0.2) is 19.3 Å². The number of benzene rings is 2. The normalized spacial score (nSPS) is 12.8. The van der Waals surface area contributed by atoms with Gasteiger partial charge in [-0.2, -0.15) is 10.4 Å². The first-order valence-corrected chi connectivity index (χ1v) is 10.7. The lowest BCUT2D eigenvalue weighted by Gasteiger charge is -2.21. The average molecular weight is 429 g/mol. The van der Waals surface area contributed by atoms with Crippen LogP contribution in [-0.2, 0) is 12.6 Å². The van der Waals surface area contributed by atoms with Crippen molar-refractivity contribution < 1.29 is 0 Å². The number of hydrogen-bond acceptors (Lipinski definition) is 5. The van der Waals surface area contributed by atoms with Crippen LogP contribution in [0.4, 0.5) is 5.82 Å². The van der Waals surface area contributed by atoms with E-state index < -0.39 is 0 Å². The molecule has 1 N–H and O–H groups in total. The van der Waals surface area contributed by atoms with Crippen molar-refractivity contribution >= 4 is 27.6 Å². The molecular formula is C25H28N6O. The van der Waals surface area contributed by atoms with Crippen LogP contribution in [0.5, 0.6) is 0 Å². The maximum atomic E-state index is 13.0. The second-order valence-corrected chi connectivity index (χ2v) is 9.37. The topological polar surface area (TPSA) is 88.5 Å². The van der Waals surface area contributed by atoms with Crippen molar-refractivity contribution in [1.29, 1.82) is 5.26 Å². The van der Waals surface area contributed by atoms with E-state index in [1.807, 2.05) is 76.4 Å². The molecule has 0 saturated heterocycles. The van der Waals surface area contributed by atoms with Crippen LogP contribution in [0, 0.1) is 25.2 Å². The molecule has 7 heteroatoms. The Bertz CT molecular complexity index is 1460. The molecule has 1 atom stereocenters. The summed E-state index contributed by atoms with van der Waals surface area (Å²) in [6, 6.07) is 12.0. The summed E-state index contributed by atoms with van der Waals surface area (Å²) in [5.41, 5.74) is 4.77. The Morgan fingerprint density at radius 1 is 1.09 bits per heavy atom. The second kappa shape index (κ2) is 7.49. The van der Waals surface area contributed by atoms with Crippen molar-refractivity contribution in [3.8, 4) is 6.07 Å². The lowest BCUT2D eigenvalue weighted by Crippen LogP contribution is -2.34. The molecule has 7 nitrogen and oxygen atoms in total. The maximum Gasteiger partial charge on any atom is 0.329 e. The van der Waals surface area contributed by atoms with Gasteiger partial charge in [-0.15, -0.1) is 5.10 Å². The van der Waals surface area contributed by atoms with Crippen molar-refractivity contribution in [2.24, 2.45) is 7.05 Å². The third-order valence-electron chi connectivity index (χ3n) is 6.13. The number of nitrogens with one attached hydrogen (secondary N) is 1. The van der Waals surface area contributed by atoms with Gasteiger partial charge < -0.3 is 5.32 Å². The number of nitrogens with zero attached hydrogens (tertiary/aromatic N) is 5. The molecular weight excluding hydrogens is 400 g/mol. The fourth-order valence-electron chi connectivity index (χ4n) is 4.39. The lowest BCUT2D eigenvalue weighted by atomic mass is 9.98. The van der Waals surface area contributed by atoms with Crippen molar-refractivity contribution in [2.45, 2.75) is 53.1 Å². The Hall–Kier alpha value is -3.66. The van der Waals surface area contributed by atoms with Gasteiger partial charge in [0, 0.05) is 23.4 Å². The summed E-state index contributed by atoms with van der Waals surface area (Å²) in [5, 5.41) is 23.5. The van der Waals surface area contributed by atoms with E-state index in [1.165, 1.54) is 0 Å². The predicted octanol–water partition coefficient (Wildman–Crippen LogP) is 4.70. The van der Waals surface area contributed by atoms with Crippen LogP contribution in [0.3, 0.4) is 0 Å². The molecule has 4 aromatic rings. The van der Waals surface area contributed by atoms with E-state index in [2.05, 4.69) is 21.6 Å². The zero-order valence-electron chi connectivity index (χ0n) is 19.6. The van der Waals surface area contributed by atoms with Gasteiger partial charge in [0.1, 0.15) is 0 Å². The second-order valence-electron chi connectivity index (χ2n) is 9.37. The van der Waals surface area contributed by atoms with Gasteiger partial charge in [-0.1, -0.05) is 12.1 Å². The van der Waals surface area contributed by atoms with Crippen molar-refractivity contribution in [1.82, 2.24) is 19.3 Å². The Kier molecular flexibility index (Phi) is 5.04. The average Bonchev–Trinajstić information content (AvgIpc) is 2.99. The number of fused-ring (bicyclic) bond motifs is 2. The molecule has 0 fully saturated rings. The van der Waals surface area contributed by atoms with Gasteiger partial charge >= 0.3 is 5.69 Å². The van der Waals surface area contributed by atoms with Gasteiger partial charge in [-0.05, 0) is 70.9 Å². The van der Waals surface area contributed by atoms with Crippen molar-refractivity contribution in [2.75, 3.05) is 5.32 Å².